The lowest BCUT2D eigenvalue weighted by Gasteiger charge is -2.13. The fourth-order valence-electron chi connectivity index (χ4n) is 2.69. The predicted molar refractivity (Wildman–Crippen MR) is 93.9 cm³/mol. The van der Waals surface area contributed by atoms with E-state index in [9.17, 15) is 22.8 Å². The molecule has 0 radical (unpaired) electrons. The number of hydrogen-bond acceptors (Lipinski definition) is 4. The minimum absolute atomic E-state index is 0.0801. The minimum atomic E-state index is -4.57. The number of amides is 1. The molecule has 2 aromatic carbocycles. The molecule has 0 saturated heterocycles. The van der Waals surface area contributed by atoms with Crippen molar-refractivity contribution in [2.45, 2.75) is 6.18 Å². The molecule has 9 heteroatoms. The maximum Gasteiger partial charge on any atom is 0.417 e. The van der Waals surface area contributed by atoms with Crippen molar-refractivity contribution in [3.05, 3.63) is 76.3 Å². The van der Waals surface area contributed by atoms with E-state index in [4.69, 9.17) is 11.0 Å². The molecule has 6 nitrogen and oxygen atoms in total. The molecule has 1 amide bonds. The van der Waals surface area contributed by atoms with Crippen LogP contribution < -0.4 is 11.3 Å². The zero-order valence-electron chi connectivity index (χ0n) is 14.1. The van der Waals surface area contributed by atoms with Gasteiger partial charge in [-0.1, -0.05) is 36.4 Å². The van der Waals surface area contributed by atoms with Gasteiger partial charge in [-0.05, 0) is 23.3 Å². The number of nitrogens with zero attached hydrogens (tertiary/aromatic N) is 3. The highest BCUT2D eigenvalue weighted by molar-refractivity contribution is 5.91. The van der Waals surface area contributed by atoms with Gasteiger partial charge in [0.2, 0.25) is 0 Å². The number of hydrogen-bond donors (Lipinski definition) is 1. The van der Waals surface area contributed by atoms with Crippen LogP contribution >= 0.6 is 0 Å². The first-order chi connectivity index (χ1) is 13.2. The van der Waals surface area contributed by atoms with E-state index >= 15 is 0 Å². The molecule has 0 bridgehead atoms. The monoisotopic (exact) mass is 384 g/mol. The Hall–Kier alpha value is -3.93. The second-order valence-corrected chi connectivity index (χ2v) is 5.74. The minimum Gasteiger partial charge on any atom is -0.364 e. The molecule has 0 aliphatic rings. The van der Waals surface area contributed by atoms with Crippen LogP contribution in [-0.4, -0.2) is 15.5 Å². The van der Waals surface area contributed by atoms with Gasteiger partial charge in [0.05, 0.1) is 11.8 Å². The number of carbonyl (C=O) groups is 1. The highest BCUT2D eigenvalue weighted by atomic mass is 19.4. The van der Waals surface area contributed by atoms with Crippen molar-refractivity contribution in [2.75, 3.05) is 0 Å². The lowest BCUT2D eigenvalue weighted by Crippen LogP contribution is -2.25. The summed E-state index contributed by atoms with van der Waals surface area (Å²) < 4.78 is 40.5. The van der Waals surface area contributed by atoms with Crippen LogP contribution in [0.5, 0.6) is 0 Å². The summed E-state index contributed by atoms with van der Waals surface area (Å²) in [5.74, 6) is -0.955. The molecule has 28 heavy (non-hydrogen) atoms. The maximum absolute atomic E-state index is 13.3. The third kappa shape index (κ3) is 3.48. The van der Waals surface area contributed by atoms with Gasteiger partial charge in [-0.25, -0.2) is 9.55 Å². The number of primary amides is 1. The first-order valence-corrected chi connectivity index (χ1v) is 7.83. The highest BCUT2D eigenvalue weighted by Gasteiger charge is 2.33. The molecule has 0 aliphatic heterocycles. The SMILES string of the molecule is N#Cn1cc(C(N)=O)nc(-c2cccc(-c3ccccc3C(F)(F)F)c2)c1=O. The van der Waals surface area contributed by atoms with E-state index in [1.54, 1.807) is 6.19 Å². The summed E-state index contributed by atoms with van der Waals surface area (Å²) in [5.41, 5.74) is 3.18. The van der Waals surface area contributed by atoms with E-state index in [1.807, 2.05) is 0 Å². The van der Waals surface area contributed by atoms with Gasteiger partial charge in [-0.3, -0.25) is 9.59 Å². The molecule has 0 unspecified atom stereocenters. The zero-order valence-corrected chi connectivity index (χ0v) is 14.1. The van der Waals surface area contributed by atoms with Gasteiger partial charge in [0.1, 0.15) is 11.4 Å². The lowest BCUT2D eigenvalue weighted by molar-refractivity contribution is -0.137. The summed E-state index contributed by atoms with van der Waals surface area (Å²) in [6.45, 7) is 0. The van der Waals surface area contributed by atoms with Crippen LogP contribution in [-0.2, 0) is 6.18 Å². The maximum atomic E-state index is 13.3. The molecule has 3 rings (SSSR count). The second kappa shape index (κ2) is 7.00. The van der Waals surface area contributed by atoms with Crippen molar-refractivity contribution in [2.24, 2.45) is 5.73 Å². The van der Waals surface area contributed by atoms with Gasteiger partial charge in [-0.2, -0.15) is 18.4 Å². The molecule has 0 aliphatic carbocycles. The van der Waals surface area contributed by atoms with E-state index in [0.717, 1.165) is 12.3 Å². The average molecular weight is 384 g/mol. The Morgan fingerprint density at radius 2 is 1.79 bits per heavy atom. The van der Waals surface area contributed by atoms with Crippen molar-refractivity contribution in [1.29, 1.82) is 5.26 Å². The van der Waals surface area contributed by atoms with E-state index in [-0.39, 0.29) is 28.1 Å². The van der Waals surface area contributed by atoms with Gasteiger partial charge in [0.15, 0.2) is 6.19 Å². The molecule has 0 fully saturated rings. The Morgan fingerprint density at radius 1 is 1.11 bits per heavy atom. The Kier molecular flexibility index (Phi) is 4.71. The lowest BCUT2D eigenvalue weighted by atomic mass is 9.97. The van der Waals surface area contributed by atoms with E-state index < -0.39 is 23.2 Å². The van der Waals surface area contributed by atoms with Crippen LogP contribution in [0.2, 0.25) is 0 Å². The van der Waals surface area contributed by atoms with Gasteiger partial charge in [0, 0.05) is 5.56 Å². The number of alkyl halides is 3. The van der Waals surface area contributed by atoms with Crippen LogP contribution in [0.25, 0.3) is 22.4 Å². The first kappa shape index (κ1) is 18.8. The normalized spacial score (nSPS) is 11.1. The van der Waals surface area contributed by atoms with Crippen LogP contribution in [0, 0.1) is 11.5 Å². The zero-order chi connectivity index (χ0) is 20.5. The van der Waals surface area contributed by atoms with Crippen molar-refractivity contribution in [3.8, 4) is 28.6 Å². The van der Waals surface area contributed by atoms with Crippen LogP contribution in [0.3, 0.4) is 0 Å². The van der Waals surface area contributed by atoms with E-state index in [0.29, 0.717) is 4.57 Å². The fraction of sp³-hybridized carbons (Fsp3) is 0.0526. The summed E-state index contributed by atoms with van der Waals surface area (Å²) in [6.07, 6.45) is -2.08. The second-order valence-electron chi connectivity index (χ2n) is 5.74. The van der Waals surface area contributed by atoms with Gasteiger partial charge < -0.3 is 5.73 Å². The van der Waals surface area contributed by atoms with Crippen molar-refractivity contribution in [1.82, 2.24) is 9.55 Å². The summed E-state index contributed by atoms with van der Waals surface area (Å²) in [5, 5.41) is 9.06. The van der Waals surface area contributed by atoms with Crippen molar-refractivity contribution in [3.63, 3.8) is 0 Å². The number of nitriles is 1. The average Bonchev–Trinajstić information content (AvgIpc) is 2.67. The smallest absolute Gasteiger partial charge is 0.364 e. The molecule has 0 spiro atoms. The summed E-state index contributed by atoms with van der Waals surface area (Å²) >= 11 is 0. The molecule has 1 heterocycles. The van der Waals surface area contributed by atoms with Crippen LogP contribution in [0.1, 0.15) is 16.1 Å². The molecular weight excluding hydrogens is 373 g/mol. The van der Waals surface area contributed by atoms with Crippen molar-refractivity contribution < 1.29 is 18.0 Å². The first-order valence-electron chi connectivity index (χ1n) is 7.83. The number of carbonyl (C=O) groups excluding carboxylic acids is 1. The quantitative estimate of drug-likeness (QED) is 0.750. The van der Waals surface area contributed by atoms with Gasteiger partial charge >= 0.3 is 6.18 Å². The molecule has 140 valence electrons. The Balaban J connectivity index is 2.23. The third-order valence-corrected chi connectivity index (χ3v) is 3.94. The van der Waals surface area contributed by atoms with E-state index in [2.05, 4.69) is 4.98 Å². The Labute approximate surface area is 156 Å². The fourth-order valence-corrected chi connectivity index (χ4v) is 2.69. The van der Waals surface area contributed by atoms with Gasteiger partial charge in [0.25, 0.3) is 11.5 Å². The predicted octanol–water partition coefficient (Wildman–Crippen LogP) is 3.02. The van der Waals surface area contributed by atoms with Gasteiger partial charge in [-0.15, -0.1) is 0 Å². The summed E-state index contributed by atoms with van der Waals surface area (Å²) in [7, 11) is 0. The standard InChI is InChI=1S/C19H11F3N4O2/c20-19(21,22)14-7-2-1-6-13(14)11-4-3-5-12(8-11)16-18(28)26(10-23)9-15(25-16)17(24)27/h1-9H,(H2,24,27). The number of halogens is 3. The van der Waals surface area contributed by atoms with Crippen LogP contribution in [0.15, 0.2) is 59.5 Å². The molecule has 3 aromatic rings. The molecule has 1 aromatic heterocycles. The number of rotatable bonds is 3. The number of benzene rings is 2. The largest absolute Gasteiger partial charge is 0.417 e. The molecule has 0 atom stereocenters. The summed E-state index contributed by atoms with van der Waals surface area (Å²) in [4.78, 5) is 27.7. The molecule has 0 saturated carbocycles. The van der Waals surface area contributed by atoms with Crippen LogP contribution in [0.4, 0.5) is 13.2 Å². The Bertz CT molecular complexity index is 1180. The number of nitrogens with two attached hydrogens (primary N) is 1. The highest BCUT2D eigenvalue weighted by Crippen LogP contribution is 2.37. The third-order valence-electron chi connectivity index (χ3n) is 3.94. The molecule has 2 N–H and O–H groups in total. The number of aromatic nitrogens is 2. The Morgan fingerprint density at radius 3 is 2.43 bits per heavy atom. The van der Waals surface area contributed by atoms with Crippen molar-refractivity contribution >= 4 is 5.91 Å². The topological polar surface area (TPSA) is 102 Å². The van der Waals surface area contributed by atoms with E-state index in [1.165, 1.54) is 42.5 Å². The molecular formula is C19H11F3N4O2. The summed E-state index contributed by atoms with van der Waals surface area (Å²) in [6, 6.07) is 10.7.